The van der Waals surface area contributed by atoms with Crippen molar-refractivity contribution >= 4 is 35.2 Å². The topological polar surface area (TPSA) is 111 Å². The first-order chi connectivity index (χ1) is 14.9. The van der Waals surface area contributed by atoms with Gasteiger partial charge in [-0.2, -0.15) is 0 Å². The third-order valence-electron chi connectivity index (χ3n) is 3.74. The number of benzene rings is 2. The molecular weight excluding hydrogens is 422 g/mol. The molecule has 0 aliphatic heterocycles. The van der Waals surface area contributed by atoms with Gasteiger partial charge in [-0.1, -0.05) is 16.9 Å². The number of carbonyl (C=O) groups is 3. The molecule has 0 atom stereocenters. The fourth-order valence-electron chi connectivity index (χ4n) is 2.28. The first-order valence-corrected chi connectivity index (χ1v) is 10.2. The maximum absolute atomic E-state index is 12.3. The van der Waals surface area contributed by atoms with Crippen LogP contribution in [0.5, 0.6) is 5.75 Å². The van der Waals surface area contributed by atoms with Crippen LogP contribution >= 0.6 is 11.8 Å². The lowest BCUT2D eigenvalue weighted by atomic mass is 10.1. The maximum Gasteiger partial charge on any atom is 0.331 e. The van der Waals surface area contributed by atoms with E-state index in [4.69, 9.17) is 14.6 Å². The molecule has 2 rings (SSSR count). The van der Waals surface area contributed by atoms with Gasteiger partial charge in [-0.05, 0) is 55.5 Å². The van der Waals surface area contributed by atoms with Crippen molar-refractivity contribution < 1.29 is 33.8 Å². The summed E-state index contributed by atoms with van der Waals surface area (Å²) in [5.74, 6) is -0.700. The Morgan fingerprint density at radius 3 is 2.13 bits per heavy atom. The molecule has 0 amide bonds. The second kappa shape index (κ2) is 12.5. The molecule has 0 spiro atoms. The van der Waals surface area contributed by atoms with Crippen LogP contribution in [-0.2, 0) is 19.2 Å². The minimum Gasteiger partial charge on any atom is -0.493 e. The van der Waals surface area contributed by atoms with Gasteiger partial charge in [0, 0.05) is 22.3 Å². The average molecular weight is 445 g/mol. The first-order valence-electron chi connectivity index (χ1n) is 9.43. The van der Waals surface area contributed by atoms with E-state index in [-0.39, 0.29) is 37.7 Å². The van der Waals surface area contributed by atoms with E-state index in [2.05, 4.69) is 9.99 Å². The molecule has 0 bridgehead atoms. The molecule has 31 heavy (non-hydrogen) atoms. The van der Waals surface area contributed by atoms with Crippen LogP contribution in [0.3, 0.4) is 0 Å². The first kappa shape index (κ1) is 24.1. The Morgan fingerprint density at radius 1 is 0.935 bits per heavy atom. The van der Waals surface area contributed by atoms with Crippen LogP contribution in [0.4, 0.5) is 0 Å². The van der Waals surface area contributed by atoms with Gasteiger partial charge in [0.15, 0.2) is 0 Å². The van der Waals surface area contributed by atoms with Crippen molar-refractivity contribution in [3.8, 4) is 5.75 Å². The zero-order valence-electron chi connectivity index (χ0n) is 17.2. The summed E-state index contributed by atoms with van der Waals surface area (Å²) in [5.41, 5.74) is 0.534. The van der Waals surface area contributed by atoms with Gasteiger partial charge in [-0.3, -0.25) is 9.59 Å². The second-order valence-corrected chi connectivity index (χ2v) is 7.38. The van der Waals surface area contributed by atoms with E-state index in [1.807, 2.05) is 24.3 Å². The quantitative estimate of drug-likeness (QED) is 0.184. The minimum absolute atomic E-state index is 0.0125. The summed E-state index contributed by atoms with van der Waals surface area (Å²) in [6.07, 6.45) is 0.104. The number of rotatable bonds is 11. The smallest absolute Gasteiger partial charge is 0.331 e. The molecule has 8 nitrogen and oxygen atoms in total. The van der Waals surface area contributed by atoms with E-state index in [0.29, 0.717) is 11.3 Å². The Labute approximate surface area is 184 Å². The van der Waals surface area contributed by atoms with Crippen LogP contribution in [-0.4, -0.2) is 48.4 Å². The van der Waals surface area contributed by atoms with Crippen molar-refractivity contribution in [2.45, 2.75) is 30.1 Å². The van der Waals surface area contributed by atoms with Gasteiger partial charge in [-0.25, -0.2) is 4.79 Å². The van der Waals surface area contributed by atoms with Crippen LogP contribution in [0.25, 0.3) is 0 Å². The van der Waals surface area contributed by atoms with Crippen molar-refractivity contribution in [3.63, 3.8) is 0 Å². The lowest BCUT2D eigenvalue weighted by Gasteiger charge is -2.08. The Balaban J connectivity index is 1.86. The minimum atomic E-state index is -0.587. The van der Waals surface area contributed by atoms with Crippen molar-refractivity contribution in [3.05, 3.63) is 54.1 Å². The fraction of sp³-hybridized carbons (Fsp3) is 0.273. The van der Waals surface area contributed by atoms with Gasteiger partial charge >= 0.3 is 11.9 Å². The molecule has 0 saturated heterocycles. The number of carbonyl (C=O) groups excluding carboxylic acids is 3. The fourth-order valence-corrected chi connectivity index (χ4v) is 3.10. The zero-order chi connectivity index (χ0) is 22.6. The lowest BCUT2D eigenvalue weighted by molar-refractivity contribution is -0.145. The average Bonchev–Trinajstić information content (AvgIpc) is 2.77. The number of nitrogens with zero attached hydrogens (tertiary/aromatic N) is 1. The molecule has 0 radical (unpaired) electrons. The molecular formula is C22H23NO7S. The zero-order valence-corrected chi connectivity index (χ0v) is 18.0. The van der Waals surface area contributed by atoms with E-state index in [1.165, 1.54) is 25.6 Å². The van der Waals surface area contributed by atoms with Crippen molar-refractivity contribution in [2.75, 3.05) is 19.8 Å². The molecule has 1 N–H and O–H groups in total. The summed E-state index contributed by atoms with van der Waals surface area (Å²) < 4.78 is 10.3. The molecule has 0 unspecified atom stereocenters. The third kappa shape index (κ3) is 8.61. The van der Waals surface area contributed by atoms with Crippen molar-refractivity contribution in [1.29, 1.82) is 0 Å². The summed E-state index contributed by atoms with van der Waals surface area (Å²) in [4.78, 5) is 40.8. The molecule has 2 aromatic rings. The van der Waals surface area contributed by atoms with Crippen LogP contribution in [0, 0.1) is 0 Å². The monoisotopic (exact) mass is 445 g/mol. The standard InChI is InChI=1S/C22H23NO7S/c1-15(23-30-16(2)25)22(27)17-3-7-19(8-4-17)31-20-9-5-18(6-10-20)28-13-11-21(26)29-14-12-24/h3-10,24H,11-14H2,1-2H3/b23-15+. The number of hydrogen-bond donors (Lipinski definition) is 1. The summed E-state index contributed by atoms with van der Waals surface area (Å²) in [5, 5.41) is 12.1. The number of ketones is 1. The summed E-state index contributed by atoms with van der Waals surface area (Å²) in [6, 6.07) is 14.4. The molecule has 0 aliphatic rings. The van der Waals surface area contributed by atoms with Gasteiger partial charge in [0.2, 0.25) is 5.78 Å². The van der Waals surface area contributed by atoms with Gasteiger partial charge in [-0.15, -0.1) is 0 Å². The van der Waals surface area contributed by atoms with Gasteiger partial charge in [0.1, 0.15) is 18.1 Å². The highest BCUT2D eigenvalue weighted by Crippen LogP contribution is 2.29. The predicted molar refractivity (Wildman–Crippen MR) is 114 cm³/mol. The van der Waals surface area contributed by atoms with E-state index < -0.39 is 11.9 Å². The van der Waals surface area contributed by atoms with Gasteiger partial charge < -0.3 is 19.4 Å². The molecule has 0 saturated carbocycles. The predicted octanol–water partition coefficient (Wildman–Crippen LogP) is 3.26. The normalized spacial score (nSPS) is 11.0. The van der Waals surface area contributed by atoms with E-state index in [9.17, 15) is 14.4 Å². The van der Waals surface area contributed by atoms with E-state index in [1.54, 1.807) is 24.3 Å². The number of ether oxygens (including phenoxy) is 2. The molecule has 0 aromatic heterocycles. The summed E-state index contributed by atoms with van der Waals surface area (Å²) >= 11 is 1.51. The SMILES string of the molecule is CC(=O)O/N=C(\C)C(=O)c1ccc(Sc2ccc(OCCC(=O)OCCO)cc2)cc1. The molecule has 164 valence electrons. The molecule has 2 aromatic carbocycles. The largest absolute Gasteiger partial charge is 0.493 e. The number of Topliss-reactive ketones (excluding diaryl/α,β-unsaturated/α-hetero) is 1. The molecule has 9 heteroatoms. The number of hydrogen-bond acceptors (Lipinski definition) is 9. The number of oxime groups is 1. The highest BCUT2D eigenvalue weighted by atomic mass is 32.2. The third-order valence-corrected chi connectivity index (χ3v) is 4.76. The van der Waals surface area contributed by atoms with Crippen LogP contribution in [0.2, 0.25) is 0 Å². The van der Waals surface area contributed by atoms with Crippen LogP contribution < -0.4 is 4.74 Å². The summed E-state index contributed by atoms with van der Waals surface area (Å²) in [7, 11) is 0. The van der Waals surface area contributed by atoms with E-state index in [0.717, 1.165) is 9.79 Å². The maximum atomic E-state index is 12.3. The van der Waals surface area contributed by atoms with Crippen LogP contribution in [0.1, 0.15) is 30.6 Å². The van der Waals surface area contributed by atoms with E-state index >= 15 is 0 Å². The lowest BCUT2D eigenvalue weighted by Crippen LogP contribution is -2.12. The number of aliphatic hydroxyl groups is 1. The summed E-state index contributed by atoms with van der Waals surface area (Å²) in [6.45, 7) is 2.67. The van der Waals surface area contributed by atoms with Gasteiger partial charge in [0.25, 0.3) is 0 Å². The number of aliphatic hydroxyl groups excluding tert-OH is 1. The van der Waals surface area contributed by atoms with Crippen LogP contribution in [0.15, 0.2) is 63.5 Å². The van der Waals surface area contributed by atoms with Crippen molar-refractivity contribution in [2.24, 2.45) is 5.16 Å². The Morgan fingerprint density at radius 2 is 1.55 bits per heavy atom. The number of esters is 1. The highest BCUT2D eigenvalue weighted by molar-refractivity contribution is 7.99. The Kier molecular flexibility index (Phi) is 9.73. The Hall–Kier alpha value is -3.17. The molecule has 0 aliphatic carbocycles. The highest BCUT2D eigenvalue weighted by Gasteiger charge is 2.11. The Bertz CT molecular complexity index is 924. The molecule has 0 fully saturated rings. The second-order valence-electron chi connectivity index (χ2n) is 6.23. The molecule has 0 heterocycles. The van der Waals surface area contributed by atoms with Crippen molar-refractivity contribution in [1.82, 2.24) is 0 Å². The van der Waals surface area contributed by atoms with Gasteiger partial charge in [0.05, 0.1) is 19.6 Å².